The lowest BCUT2D eigenvalue weighted by Gasteiger charge is -2.34. The van der Waals surface area contributed by atoms with E-state index >= 15 is 0 Å². The summed E-state index contributed by atoms with van der Waals surface area (Å²) in [5.41, 5.74) is 2.28. The standard InChI is InChI=1S/C27H32N2O6/c1-31-23-8-5-19(15-25(23)33-3)17-28-11-13-29(14-12-28)18-21-7-9-22(35-27(21)30)20-6-10-24(32-2)26(16-20)34-4/h5-10,15-16H,11-14,17-18H2,1-4H3. The second-order valence-corrected chi connectivity index (χ2v) is 8.42. The maximum atomic E-state index is 12.7. The Kier molecular flexibility index (Phi) is 7.94. The molecular weight excluding hydrogens is 448 g/mol. The van der Waals surface area contributed by atoms with E-state index in [0.29, 0.717) is 29.4 Å². The summed E-state index contributed by atoms with van der Waals surface area (Å²) in [6, 6.07) is 15.2. The van der Waals surface area contributed by atoms with Crippen molar-refractivity contribution in [1.29, 1.82) is 0 Å². The van der Waals surface area contributed by atoms with Gasteiger partial charge in [-0.2, -0.15) is 0 Å². The first kappa shape index (κ1) is 24.6. The molecule has 3 aromatic rings. The summed E-state index contributed by atoms with van der Waals surface area (Å²) in [7, 11) is 6.45. The normalized spacial score (nSPS) is 14.5. The van der Waals surface area contributed by atoms with Gasteiger partial charge in [0.25, 0.3) is 0 Å². The van der Waals surface area contributed by atoms with Crippen molar-refractivity contribution in [3.8, 4) is 34.3 Å². The molecule has 0 spiro atoms. The Labute approximate surface area is 205 Å². The molecule has 0 saturated carbocycles. The molecule has 0 N–H and O–H groups in total. The molecule has 1 fully saturated rings. The van der Waals surface area contributed by atoms with Crippen molar-refractivity contribution in [1.82, 2.24) is 9.80 Å². The van der Waals surface area contributed by atoms with Gasteiger partial charge in [-0.15, -0.1) is 0 Å². The highest BCUT2D eigenvalue weighted by atomic mass is 16.5. The SMILES string of the molecule is COc1ccc(CN2CCN(Cc3ccc(-c4ccc(OC)c(OC)c4)oc3=O)CC2)cc1OC. The average Bonchev–Trinajstić information content (AvgIpc) is 2.90. The molecule has 0 bridgehead atoms. The zero-order valence-corrected chi connectivity index (χ0v) is 20.7. The van der Waals surface area contributed by atoms with Crippen molar-refractivity contribution in [2.24, 2.45) is 0 Å². The molecule has 1 aliphatic rings. The van der Waals surface area contributed by atoms with Gasteiger partial charge in [0.05, 0.1) is 34.0 Å². The molecule has 0 atom stereocenters. The van der Waals surface area contributed by atoms with Gasteiger partial charge in [-0.3, -0.25) is 9.80 Å². The second-order valence-electron chi connectivity index (χ2n) is 8.42. The van der Waals surface area contributed by atoms with Gasteiger partial charge in [-0.25, -0.2) is 4.79 Å². The van der Waals surface area contributed by atoms with Crippen LogP contribution in [0.25, 0.3) is 11.3 Å². The molecule has 35 heavy (non-hydrogen) atoms. The molecule has 2 heterocycles. The Bertz CT molecular complexity index is 1200. The van der Waals surface area contributed by atoms with E-state index in [0.717, 1.165) is 49.8 Å². The number of piperazine rings is 1. The van der Waals surface area contributed by atoms with Gasteiger partial charge in [0.15, 0.2) is 23.0 Å². The third-order valence-electron chi connectivity index (χ3n) is 6.28. The van der Waals surface area contributed by atoms with E-state index < -0.39 is 0 Å². The fourth-order valence-electron chi connectivity index (χ4n) is 4.29. The van der Waals surface area contributed by atoms with Crippen LogP contribution in [0.5, 0.6) is 23.0 Å². The largest absolute Gasteiger partial charge is 0.493 e. The van der Waals surface area contributed by atoms with Gasteiger partial charge in [-0.1, -0.05) is 6.07 Å². The zero-order valence-electron chi connectivity index (χ0n) is 20.7. The molecule has 0 unspecified atom stereocenters. The van der Waals surface area contributed by atoms with Crippen LogP contribution < -0.4 is 24.6 Å². The van der Waals surface area contributed by atoms with Crippen LogP contribution in [0.4, 0.5) is 0 Å². The number of hydrogen-bond acceptors (Lipinski definition) is 8. The summed E-state index contributed by atoms with van der Waals surface area (Å²) in [5.74, 6) is 3.19. The first-order chi connectivity index (χ1) is 17.0. The predicted octanol–water partition coefficient (Wildman–Crippen LogP) is 3.66. The topological polar surface area (TPSA) is 73.6 Å². The van der Waals surface area contributed by atoms with Crippen LogP contribution in [-0.4, -0.2) is 64.4 Å². The van der Waals surface area contributed by atoms with E-state index in [9.17, 15) is 4.79 Å². The smallest absolute Gasteiger partial charge is 0.340 e. The summed E-state index contributed by atoms with van der Waals surface area (Å²) in [6.45, 7) is 5.01. The first-order valence-corrected chi connectivity index (χ1v) is 11.6. The van der Waals surface area contributed by atoms with E-state index in [2.05, 4.69) is 15.9 Å². The second kappa shape index (κ2) is 11.3. The molecule has 0 amide bonds. The van der Waals surface area contributed by atoms with Crippen LogP contribution in [0, 0.1) is 0 Å². The monoisotopic (exact) mass is 480 g/mol. The van der Waals surface area contributed by atoms with Crippen molar-refractivity contribution in [3.05, 3.63) is 70.1 Å². The molecule has 4 rings (SSSR count). The maximum Gasteiger partial charge on any atom is 0.340 e. The van der Waals surface area contributed by atoms with Gasteiger partial charge in [-0.05, 0) is 48.0 Å². The maximum absolute atomic E-state index is 12.7. The lowest BCUT2D eigenvalue weighted by atomic mass is 10.1. The number of nitrogens with zero attached hydrogens (tertiary/aromatic N) is 2. The summed E-state index contributed by atoms with van der Waals surface area (Å²) in [4.78, 5) is 17.4. The molecule has 8 heteroatoms. The van der Waals surface area contributed by atoms with Crippen LogP contribution in [0.15, 0.2) is 57.7 Å². The Balaban J connectivity index is 1.35. The van der Waals surface area contributed by atoms with Gasteiger partial charge in [0.2, 0.25) is 0 Å². The van der Waals surface area contributed by atoms with E-state index in [1.165, 1.54) is 5.56 Å². The lowest BCUT2D eigenvalue weighted by molar-refractivity contribution is 0.121. The van der Waals surface area contributed by atoms with Crippen molar-refractivity contribution < 1.29 is 23.4 Å². The fourth-order valence-corrected chi connectivity index (χ4v) is 4.29. The minimum Gasteiger partial charge on any atom is -0.493 e. The third-order valence-corrected chi connectivity index (χ3v) is 6.28. The van der Waals surface area contributed by atoms with Gasteiger partial charge in [0.1, 0.15) is 5.76 Å². The van der Waals surface area contributed by atoms with E-state index in [1.54, 1.807) is 40.6 Å². The molecule has 1 aromatic heterocycles. The van der Waals surface area contributed by atoms with Crippen molar-refractivity contribution >= 4 is 0 Å². The Hall–Kier alpha value is -3.49. The van der Waals surface area contributed by atoms with Crippen LogP contribution in [0.1, 0.15) is 11.1 Å². The Morgan fingerprint density at radius 1 is 0.686 bits per heavy atom. The highest BCUT2D eigenvalue weighted by Gasteiger charge is 2.19. The summed E-state index contributed by atoms with van der Waals surface area (Å²) >= 11 is 0. The highest BCUT2D eigenvalue weighted by Crippen LogP contribution is 2.32. The molecule has 8 nitrogen and oxygen atoms in total. The molecule has 0 aliphatic carbocycles. The van der Waals surface area contributed by atoms with Gasteiger partial charge in [0, 0.05) is 44.8 Å². The molecule has 2 aromatic carbocycles. The minimum absolute atomic E-state index is 0.315. The lowest BCUT2D eigenvalue weighted by Crippen LogP contribution is -2.45. The Morgan fingerprint density at radius 2 is 1.26 bits per heavy atom. The number of methoxy groups -OCH3 is 4. The molecule has 0 radical (unpaired) electrons. The summed E-state index contributed by atoms with van der Waals surface area (Å²) < 4.78 is 27.0. The van der Waals surface area contributed by atoms with E-state index in [4.69, 9.17) is 23.4 Å². The summed E-state index contributed by atoms with van der Waals surface area (Å²) in [5, 5.41) is 0. The van der Waals surface area contributed by atoms with Crippen LogP contribution in [0.3, 0.4) is 0 Å². The van der Waals surface area contributed by atoms with Gasteiger partial charge < -0.3 is 23.4 Å². The van der Waals surface area contributed by atoms with Crippen molar-refractivity contribution in [3.63, 3.8) is 0 Å². The average molecular weight is 481 g/mol. The van der Waals surface area contributed by atoms with E-state index in [-0.39, 0.29) is 5.63 Å². The van der Waals surface area contributed by atoms with E-state index in [1.807, 2.05) is 30.3 Å². The third kappa shape index (κ3) is 5.78. The van der Waals surface area contributed by atoms with Gasteiger partial charge >= 0.3 is 5.63 Å². The van der Waals surface area contributed by atoms with Crippen molar-refractivity contribution in [2.75, 3.05) is 54.6 Å². The number of benzene rings is 2. The van der Waals surface area contributed by atoms with Crippen LogP contribution in [-0.2, 0) is 13.1 Å². The first-order valence-electron chi connectivity index (χ1n) is 11.6. The minimum atomic E-state index is -0.315. The summed E-state index contributed by atoms with van der Waals surface area (Å²) in [6.07, 6.45) is 0. The Morgan fingerprint density at radius 3 is 1.86 bits per heavy atom. The van der Waals surface area contributed by atoms with Crippen LogP contribution >= 0.6 is 0 Å². The molecule has 186 valence electrons. The number of ether oxygens (including phenoxy) is 4. The number of rotatable bonds is 9. The zero-order chi connectivity index (χ0) is 24.8. The quantitative estimate of drug-likeness (QED) is 0.460. The number of hydrogen-bond donors (Lipinski definition) is 0. The molecular formula is C27H32N2O6. The highest BCUT2D eigenvalue weighted by molar-refractivity contribution is 5.62. The van der Waals surface area contributed by atoms with Crippen molar-refractivity contribution in [2.45, 2.75) is 13.1 Å². The molecule has 1 aliphatic heterocycles. The predicted molar refractivity (Wildman–Crippen MR) is 134 cm³/mol. The fraction of sp³-hybridized carbons (Fsp3) is 0.370. The molecule has 1 saturated heterocycles. The van der Waals surface area contributed by atoms with Crippen LogP contribution in [0.2, 0.25) is 0 Å².